The summed E-state index contributed by atoms with van der Waals surface area (Å²) in [7, 11) is 0. The largest absolute Gasteiger partial charge is 0.383 e. The van der Waals surface area contributed by atoms with E-state index >= 15 is 0 Å². The number of rotatable bonds is 3. The van der Waals surface area contributed by atoms with Gasteiger partial charge in [-0.25, -0.2) is 0 Å². The fraction of sp³-hybridized carbons (Fsp3) is 0.571. The number of aromatic nitrogens is 1. The number of nitrogens with zero attached hydrogens (tertiary/aromatic N) is 2. The number of nitriles is 1. The third-order valence-corrected chi connectivity index (χ3v) is 3.53. The van der Waals surface area contributed by atoms with Crippen LogP contribution in [0.25, 0.3) is 0 Å². The SMILES string of the molecule is Cc1cc(NCC2CCOC2C)c(C#N)c(C)n1. The number of ether oxygens (including phenoxy) is 1. The summed E-state index contributed by atoms with van der Waals surface area (Å²) in [6.07, 6.45) is 1.38. The van der Waals surface area contributed by atoms with Crippen molar-refractivity contribution >= 4 is 5.69 Å². The molecule has 2 atom stereocenters. The van der Waals surface area contributed by atoms with Gasteiger partial charge in [0.15, 0.2) is 0 Å². The van der Waals surface area contributed by atoms with Crippen molar-refractivity contribution in [3.63, 3.8) is 0 Å². The van der Waals surface area contributed by atoms with E-state index in [2.05, 4.69) is 23.3 Å². The topological polar surface area (TPSA) is 57.9 Å². The molecule has 1 aromatic rings. The third kappa shape index (κ3) is 2.62. The lowest BCUT2D eigenvalue weighted by molar-refractivity contribution is 0.108. The summed E-state index contributed by atoms with van der Waals surface area (Å²) in [6.45, 7) is 7.61. The van der Waals surface area contributed by atoms with Gasteiger partial charge in [0.1, 0.15) is 6.07 Å². The zero-order valence-electron chi connectivity index (χ0n) is 11.2. The monoisotopic (exact) mass is 245 g/mol. The van der Waals surface area contributed by atoms with Crippen LogP contribution in [0.5, 0.6) is 0 Å². The van der Waals surface area contributed by atoms with Crippen molar-refractivity contribution in [2.24, 2.45) is 5.92 Å². The van der Waals surface area contributed by atoms with Crippen LogP contribution in [0.4, 0.5) is 5.69 Å². The predicted molar refractivity (Wildman–Crippen MR) is 70.4 cm³/mol. The van der Waals surface area contributed by atoms with E-state index in [9.17, 15) is 5.26 Å². The Hall–Kier alpha value is -1.60. The lowest BCUT2D eigenvalue weighted by Gasteiger charge is -2.17. The van der Waals surface area contributed by atoms with E-state index < -0.39 is 0 Å². The van der Waals surface area contributed by atoms with Crippen molar-refractivity contribution in [1.82, 2.24) is 4.98 Å². The van der Waals surface area contributed by atoms with Gasteiger partial charge in [-0.15, -0.1) is 0 Å². The molecule has 1 fully saturated rings. The number of nitrogens with one attached hydrogen (secondary N) is 1. The zero-order valence-corrected chi connectivity index (χ0v) is 11.2. The molecular formula is C14H19N3O. The highest BCUT2D eigenvalue weighted by Crippen LogP contribution is 2.23. The van der Waals surface area contributed by atoms with Crippen molar-refractivity contribution in [1.29, 1.82) is 5.26 Å². The van der Waals surface area contributed by atoms with Gasteiger partial charge < -0.3 is 10.1 Å². The molecule has 1 aliphatic rings. The number of anilines is 1. The second-order valence-corrected chi connectivity index (χ2v) is 4.89. The molecular weight excluding hydrogens is 226 g/mol. The number of hydrogen-bond donors (Lipinski definition) is 1. The highest BCUT2D eigenvalue weighted by molar-refractivity contribution is 5.59. The Morgan fingerprint density at radius 3 is 2.94 bits per heavy atom. The van der Waals surface area contributed by atoms with Crippen molar-refractivity contribution in [2.75, 3.05) is 18.5 Å². The molecule has 0 amide bonds. The van der Waals surface area contributed by atoms with E-state index in [1.165, 1.54) is 0 Å². The summed E-state index contributed by atoms with van der Waals surface area (Å²) in [6, 6.07) is 4.16. The van der Waals surface area contributed by atoms with Gasteiger partial charge in [0.25, 0.3) is 0 Å². The number of hydrogen-bond acceptors (Lipinski definition) is 4. The van der Waals surface area contributed by atoms with Gasteiger partial charge in [-0.3, -0.25) is 4.98 Å². The quantitative estimate of drug-likeness (QED) is 0.888. The standard InChI is InChI=1S/C14H19N3O/c1-9-6-14(13(7-15)10(2)17-9)16-8-12-4-5-18-11(12)3/h6,11-12H,4-5,8H2,1-3H3,(H,16,17). The molecule has 1 aromatic heterocycles. The normalized spacial score (nSPS) is 22.8. The maximum absolute atomic E-state index is 9.18. The van der Waals surface area contributed by atoms with Crippen LogP contribution in [-0.4, -0.2) is 24.2 Å². The minimum atomic E-state index is 0.298. The fourth-order valence-electron chi connectivity index (χ4n) is 2.39. The molecule has 0 saturated carbocycles. The molecule has 0 radical (unpaired) electrons. The van der Waals surface area contributed by atoms with E-state index in [0.29, 0.717) is 17.6 Å². The average Bonchev–Trinajstić information content (AvgIpc) is 2.71. The molecule has 0 spiro atoms. The van der Waals surface area contributed by atoms with E-state index in [1.807, 2.05) is 19.9 Å². The average molecular weight is 245 g/mol. The summed E-state index contributed by atoms with van der Waals surface area (Å²) >= 11 is 0. The first-order chi connectivity index (χ1) is 8.61. The molecule has 4 heteroatoms. The molecule has 1 N–H and O–H groups in total. The van der Waals surface area contributed by atoms with Crippen molar-refractivity contribution in [3.05, 3.63) is 23.0 Å². The van der Waals surface area contributed by atoms with E-state index in [4.69, 9.17) is 4.74 Å². The molecule has 96 valence electrons. The predicted octanol–water partition coefficient (Wildman–Crippen LogP) is 2.41. The van der Waals surface area contributed by atoms with Crippen molar-refractivity contribution < 1.29 is 4.74 Å². The van der Waals surface area contributed by atoms with E-state index in [1.54, 1.807) is 0 Å². The van der Waals surface area contributed by atoms with Crippen molar-refractivity contribution in [2.45, 2.75) is 33.3 Å². The first-order valence-corrected chi connectivity index (χ1v) is 6.35. The molecule has 0 aromatic carbocycles. The minimum absolute atomic E-state index is 0.298. The maximum atomic E-state index is 9.18. The van der Waals surface area contributed by atoms with E-state index in [0.717, 1.165) is 36.6 Å². The molecule has 4 nitrogen and oxygen atoms in total. The van der Waals surface area contributed by atoms with Gasteiger partial charge in [-0.1, -0.05) is 0 Å². The lowest BCUT2D eigenvalue weighted by Crippen LogP contribution is -2.21. The van der Waals surface area contributed by atoms with Gasteiger partial charge in [0.2, 0.25) is 0 Å². The Kier molecular flexibility index (Phi) is 3.83. The third-order valence-electron chi connectivity index (χ3n) is 3.53. The Bertz CT molecular complexity index is 479. The second-order valence-electron chi connectivity index (χ2n) is 4.89. The summed E-state index contributed by atoms with van der Waals surface area (Å²) in [5, 5.41) is 12.6. The van der Waals surface area contributed by atoms with Gasteiger partial charge in [0, 0.05) is 24.8 Å². The Balaban J connectivity index is 2.11. The molecule has 2 rings (SSSR count). The fourth-order valence-corrected chi connectivity index (χ4v) is 2.39. The highest BCUT2D eigenvalue weighted by Gasteiger charge is 2.24. The summed E-state index contributed by atoms with van der Waals surface area (Å²) < 4.78 is 5.54. The lowest BCUT2D eigenvalue weighted by atomic mass is 10.0. The van der Waals surface area contributed by atoms with Crippen LogP contribution in [0.15, 0.2) is 6.07 Å². The Labute approximate surface area is 108 Å². The molecule has 1 aliphatic heterocycles. The summed E-state index contributed by atoms with van der Waals surface area (Å²) in [4.78, 5) is 4.31. The van der Waals surface area contributed by atoms with Crippen molar-refractivity contribution in [3.8, 4) is 6.07 Å². The molecule has 18 heavy (non-hydrogen) atoms. The Morgan fingerprint density at radius 1 is 1.56 bits per heavy atom. The minimum Gasteiger partial charge on any atom is -0.383 e. The summed E-state index contributed by atoms with van der Waals surface area (Å²) in [5.41, 5.74) is 3.26. The van der Waals surface area contributed by atoms with Crippen LogP contribution in [-0.2, 0) is 4.74 Å². The van der Waals surface area contributed by atoms with Crippen LogP contribution in [0.3, 0.4) is 0 Å². The van der Waals surface area contributed by atoms with Gasteiger partial charge in [-0.05, 0) is 33.3 Å². The first-order valence-electron chi connectivity index (χ1n) is 6.35. The van der Waals surface area contributed by atoms with Crippen LogP contribution in [0.2, 0.25) is 0 Å². The Morgan fingerprint density at radius 2 is 2.33 bits per heavy atom. The summed E-state index contributed by atoms with van der Waals surface area (Å²) in [5.74, 6) is 0.519. The smallest absolute Gasteiger partial charge is 0.103 e. The molecule has 1 saturated heterocycles. The van der Waals surface area contributed by atoms with Gasteiger partial charge >= 0.3 is 0 Å². The second kappa shape index (κ2) is 5.36. The van der Waals surface area contributed by atoms with Crippen LogP contribution >= 0.6 is 0 Å². The molecule has 2 heterocycles. The highest BCUT2D eigenvalue weighted by atomic mass is 16.5. The zero-order chi connectivity index (χ0) is 13.1. The van der Waals surface area contributed by atoms with Crippen LogP contribution in [0.1, 0.15) is 30.3 Å². The molecule has 0 bridgehead atoms. The maximum Gasteiger partial charge on any atom is 0.103 e. The van der Waals surface area contributed by atoms with Crippen LogP contribution < -0.4 is 5.32 Å². The van der Waals surface area contributed by atoms with Crippen LogP contribution in [0, 0.1) is 31.1 Å². The van der Waals surface area contributed by atoms with Gasteiger partial charge in [0.05, 0.1) is 23.0 Å². The molecule has 0 aliphatic carbocycles. The first kappa shape index (κ1) is 12.8. The number of aryl methyl sites for hydroxylation is 2. The van der Waals surface area contributed by atoms with Gasteiger partial charge in [-0.2, -0.15) is 5.26 Å². The number of pyridine rings is 1. The van der Waals surface area contributed by atoms with E-state index in [-0.39, 0.29) is 0 Å². The molecule has 2 unspecified atom stereocenters.